The van der Waals surface area contributed by atoms with Gasteiger partial charge in [0.15, 0.2) is 0 Å². The van der Waals surface area contributed by atoms with Crippen molar-refractivity contribution in [3.63, 3.8) is 0 Å². The molecule has 15 heavy (non-hydrogen) atoms. The minimum Gasteiger partial charge on any atom is -0.327 e. The lowest BCUT2D eigenvalue weighted by atomic mass is 10.3. The third-order valence-corrected chi connectivity index (χ3v) is 4.00. The van der Waals surface area contributed by atoms with Gasteiger partial charge in [-0.2, -0.15) is 11.8 Å². The summed E-state index contributed by atoms with van der Waals surface area (Å²) in [6.45, 7) is 6.91. The molecule has 2 fully saturated rings. The number of hydrogen-bond donors (Lipinski definition) is 1. The molecule has 4 nitrogen and oxygen atoms in total. The molecule has 2 aliphatic rings. The maximum absolute atomic E-state index is 11.6. The second-order valence-electron chi connectivity index (χ2n) is 4.14. The quantitative estimate of drug-likeness (QED) is 0.728. The summed E-state index contributed by atoms with van der Waals surface area (Å²) in [5, 5.41) is 3.16. The molecular formula is C10H19N3OS. The Balaban J connectivity index is 1.71. The topological polar surface area (TPSA) is 35.6 Å². The fraction of sp³-hybridized carbons (Fsp3) is 0.900. The lowest BCUT2D eigenvalue weighted by Gasteiger charge is -2.27. The van der Waals surface area contributed by atoms with E-state index in [0.717, 1.165) is 19.8 Å². The van der Waals surface area contributed by atoms with E-state index < -0.39 is 0 Å². The number of thioether (sulfide) groups is 1. The largest absolute Gasteiger partial charge is 0.327 e. The number of carbonyl (C=O) groups is 1. The molecule has 1 atom stereocenters. The van der Waals surface area contributed by atoms with Gasteiger partial charge in [0.2, 0.25) is 5.91 Å². The van der Waals surface area contributed by atoms with Crippen molar-refractivity contribution in [2.75, 3.05) is 44.4 Å². The van der Waals surface area contributed by atoms with E-state index in [4.69, 9.17) is 0 Å². The number of nitrogens with one attached hydrogen (secondary N) is 1. The van der Waals surface area contributed by atoms with Crippen LogP contribution in [0, 0.1) is 0 Å². The average Bonchev–Trinajstić information content (AvgIpc) is 2.59. The average molecular weight is 229 g/mol. The smallest absolute Gasteiger partial charge is 0.240 e. The second-order valence-corrected chi connectivity index (χ2v) is 5.36. The molecule has 0 radical (unpaired) electrons. The first kappa shape index (κ1) is 11.2. The van der Waals surface area contributed by atoms with Crippen LogP contribution in [0.5, 0.6) is 0 Å². The molecule has 1 N–H and O–H groups in total. The van der Waals surface area contributed by atoms with Gasteiger partial charge in [0.1, 0.15) is 0 Å². The first-order chi connectivity index (χ1) is 7.27. The first-order valence-electron chi connectivity index (χ1n) is 5.59. The van der Waals surface area contributed by atoms with Crippen LogP contribution in [0.3, 0.4) is 0 Å². The predicted molar refractivity (Wildman–Crippen MR) is 62.9 cm³/mol. The Bertz CT molecular complexity index is 231. The van der Waals surface area contributed by atoms with E-state index >= 15 is 0 Å². The minimum atomic E-state index is 0.0157. The zero-order valence-corrected chi connectivity index (χ0v) is 10.1. The molecule has 0 bridgehead atoms. The summed E-state index contributed by atoms with van der Waals surface area (Å²) in [5.74, 6) is 2.73. The fourth-order valence-corrected chi connectivity index (χ4v) is 2.94. The van der Waals surface area contributed by atoms with Crippen molar-refractivity contribution in [3.05, 3.63) is 0 Å². The first-order valence-corrected chi connectivity index (χ1v) is 6.75. The lowest BCUT2D eigenvalue weighted by Crippen LogP contribution is -2.40. The predicted octanol–water partition coefficient (Wildman–Crippen LogP) is -0.187. The third kappa shape index (κ3) is 2.86. The number of nitrogens with zero attached hydrogens (tertiary/aromatic N) is 2. The SMILES string of the molecule is CC1NCN(CCN2CCSCC2)C1=O. The Morgan fingerprint density at radius 1 is 1.40 bits per heavy atom. The summed E-state index contributed by atoms with van der Waals surface area (Å²) in [6, 6.07) is 0.0157. The molecule has 0 aromatic rings. The standard InChI is InChI=1S/C10H19N3OS/c1-9-10(14)13(8-11-9)3-2-12-4-6-15-7-5-12/h9,11H,2-8H2,1H3. The van der Waals surface area contributed by atoms with Gasteiger partial charge in [0.25, 0.3) is 0 Å². The van der Waals surface area contributed by atoms with Crippen molar-refractivity contribution >= 4 is 17.7 Å². The maximum Gasteiger partial charge on any atom is 0.240 e. The van der Waals surface area contributed by atoms with E-state index in [1.165, 1.54) is 24.6 Å². The Morgan fingerprint density at radius 2 is 2.13 bits per heavy atom. The summed E-state index contributed by atoms with van der Waals surface area (Å²) in [5.41, 5.74) is 0. The van der Waals surface area contributed by atoms with Gasteiger partial charge in [-0.25, -0.2) is 0 Å². The Hall–Kier alpha value is -0.260. The van der Waals surface area contributed by atoms with Crippen LogP contribution in [0.4, 0.5) is 0 Å². The van der Waals surface area contributed by atoms with Crippen molar-refractivity contribution in [2.45, 2.75) is 13.0 Å². The van der Waals surface area contributed by atoms with Crippen LogP contribution in [0.25, 0.3) is 0 Å². The molecule has 2 aliphatic heterocycles. The number of amides is 1. The highest BCUT2D eigenvalue weighted by Gasteiger charge is 2.27. The Kier molecular flexibility index (Phi) is 3.88. The molecule has 2 rings (SSSR count). The molecule has 0 spiro atoms. The van der Waals surface area contributed by atoms with Crippen LogP contribution < -0.4 is 5.32 Å². The van der Waals surface area contributed by atoms with Crippen LogP contribution in [0.15, 0.2) is 0 Å². The fourth-order valence-electron chi connectivity index (χ4n) is 1.96. The van der Waals surface area contributed by atoms with E-state index in [2.05, 4.69) is 10.2 Å². The highest BCUT2D eigenvalue weighted by atomic mass is 32.2. The number of rotatable bonds is 3. The van der Waals surface area contributed by atoms with Gasteiger partial charge < -0.3 is 4.90 Å². The van der Waals surface area contributed by atoms with Crippen LogP contribution >= 0.6 is 11.8 Å². The molecule has 2 saturated heterocycles. The molecule has 86 valence electrons. The van der Waals surface area contributed by atoms with Gasteiger partial charge in [-0.05, 0) is 6.92 Å². The van der Waals surface area contributed by atoms with Gasteiger partial charge in [-0.15, -0.1) is 0 Å². The molecule has 5 heteroatoms. The van der Waals surface area contributed by atoms with Crippen molar-refractivity contribution in [1.82, 2.24) is 15.1 Å². The normalized spacial score (nSPS) is 28.7. The van der Waals surface area contributed by atoms with E-state index in [-0.39, 0.29) is 11.9 Å². The summed E-state index contributed by atoms with van der Waals surface area (Å²) in [6.07, 6.45) is 0. The van der Waals surface area contributed by atoms with E-state index in [0.29, 0.717) is 0 Å². The number of hydrogen-bond acceptors (Lipinski definition) is 4. The van der Waals surface area contributed by atoms with Gasteiger partial charge in [-0.1, -0.05) is 0 Å². The summed E-state index contributed by atoms with van der Waals surface area (Å²) >= 11 is 2.02. The van der Waals surface area contributed by atoms with Gasteiger partial charge >= 0.3 is 0 Å². The molecule has 0 aliphatic carbocycles. The van der Waals surface area contributed by atoms with Crippen molar-refractivity contribution in [2.24, 2.45) is 0 Å². The highest BCUT2D eigenvalue weighted by Crippen LogP contribution is 2.09. The van der Waals surface area contributed by atoms with Crippen LogP contribution in [-0.2, 0) is 4.79 Å². The Morgan fingerprint density at radius 3 is 2.73 bits per heavy atom. The molecule has 0 saturated carbocycles. The molecule has 0 aromatic heterocycles. The van der Waals surface area contributed by atoms with Crippen LogP contribution in [-0.4, -0.2) is 66.1 Å². The summed E-state index contributed by atoms with van der Waals surface area (Å²) in [7, 11) is 0. The Labute approximate surface area is 95.4 Å². The van der Waals surface area contributed by atoms with E-state index in [1.807, 2.05) is 23.6 Å². The number of carbonyl (C=O) groups excluding carboxylic acids is 1. The lowest BCUT2D eigenvalue weighted by molar-refractivity contribution is -0.128. The van der Waals surface area contributed by atoms with Crippen LogP contribution in [0.2, 0.25) is 0 Å². The minimum absolute atomic E-state index is 0.0157. The second kappa shape index (κ2) is 5.18. The molecule has 1 amide bonds. The maximum atomic E-state index is 11.6. The van der Waals surface area contributed by atoms with E-state index in [9.17, 15) is 4.79 Å². The molecular weight excluding hydrogens is 210 g/mol. The van der Waals surface area contributed by atoms with Crippen LogP contribution in [0.1, 0.15) is 6.92 Å². The monoisotopic (exact) mass is 229 g/mol. The molecule has 2 heterocycles. The van der Waals surface area contributed by atoms with Gasteiger partial charge in [0.05, 0.1) is 12.7 Å². The summed E-state index contributed by atoms with van der Waals surface area (Å²) < 4.78 is 0. The van der Waals surface area contributed by atoms with Crippen molar-refractivity contribution in [1.29, 1.82) is 0 Å². The van der Waals surface area contributed by atoms with E-state index in [1.54, 1.807) is 0 Å². The van der Waals surface area contributed by atoms with Crippen molar-refractivity contribution in [3.8, 4) is 0 Å². The van der Waals surface area contributed by atoms with Crippen molar-refractivity contribution < 1.29 is 4.79 Å². The molecule has 0 aromatic carbocycles. The third-order valence-electron chi connectivity index (χ3n) is 3.06. The van der Waals surface area contributed by atoms with Gasteiger partial charge in [-0.3, -0.25) is 15.0 Å². The van der Waals surface area contributed by atoms with Gasteiger partial charge in [0, 0.05) is 37.7 Å². The summed E-state index contributed by atoms with van der Waals surface area (Å²) in [4.78, 5) is 16.0. The zero-order valence-electron chi connectivity index (χ0n) is 9.24. The zero-order chi connectivity index (χ0) is 10.7. The molecule has 1 unspecified atom stereocenters. The highest BCUT2D eigenvalue weighted by molar-refractivity contribution is 7.99.